The Hall–Kier alpha value is -2.88. The number of hydrogen-bond donors (Lipinski definition) is 2. The maximum Gasteiger partial charge on any atom is 0.340 e. The van der Waals surface area contributed by atoms with Crippen LogP contribution < -0.4 is 5.73 Å². The zero-order valence-corrected chi connectivity index (χ0v) is 11.5. The lowest BCUT2D eigenvalue weighted by atomic mass is 9.93. The lowest BCUT2D eigenvalue weighted by Crippen LogP contribution is -2.08. The van der Waals surface area contributed by atoms with E-state index in [1.807, 2.05) is 55.5 Å². The van der Waals surface area contributed by atoms with Gasteiger partial charge in [0.05, 0.1) is 5.52 Å². The first-order valence-corrected chi connectivity index (χ1v) is 6.57. The SMILES string of the molecule is Cc1cccc2nc(N)c(C(=O)O)c(-c3ccccc3)c12. The van der Waals surface area contributed by atoms with Gasteiger partial charge in [-0.2, -0.15) is 0 Å². The Kier molecular flexibility index (Phi) is 3.06. The molecule has 0 bridgehead atoms. The standard InChI is InChI=1S/C17H14N2O2/c1-10-6-5-9-12-13(10)14(11-7-3-2-4-8-11)15(17(20)21)16(18)19-12/h2-9H,1H3,(H2,18,19)(H,20,21). The van der Waals surface area contributed by atoms with Crippen LogP contribution in [-0.2, 0) is 0 Å². The number of anilines is 1. The second kappa shape index (κ2) is 4.90. The second-order valence-electron chi connectivity index (χ2n) is 4.89. The fourth-order valence-corrected chi connectivity index (χ4v) is 2.62. The molecule has 0 fully saturated rings. The number of aryl methyl sites for hydroxylation is 1. The van der Waals surface area contributed by atoms with Gasteiger partial charge in [-0.15, -0.1) is 0 Å². The predicted octanol–water partition coefficient (Wildman–Crippen LogP) is 3.49. The minimum atomic E-state index is -1.07. The minimum Gasteiger partial charge on any atom is -0.478 e. The van der Waals surface area contributed by atoms with Gasteiger partial charge in [-0.3, -0.25) is 0 Å². The normalized spacial score (nSPS) is 10.7. The smallest absolute Gasteiger partial charge is 0.340 e. The Balaban J connectivity index is 2.54. The monoisotopic (exact) mass is 278 g/mol. The molecule has 0 saturated heterocycles. The van der Waals surface area contributed by atoms with E-state index in [1.54, 1.807) is 0 Å². The van der Waals surface area contributed by atoms with Crippen LogP contribution >= 0.6 is 0 Å². The van der Waals surface area contributed by atoms with Gasteiger partial charge in [-0.25, -0.2) is 9.78 Å². The molecule has 21 heavy (non-hydrogen) atoms. The van der Waals surface area contributed by atoms with Crippen molar-refractivity contribution in [1.29, 1.82) is 0 Å². The Labute approximate surface area is 121 Å². The number of carboxylic acids is 1. The number of nitrogen functional groups attached to an aromatic ring is 1. The van der Waals surface area contributed by atoms with Crippen LogP contribution in [0.2, 0.25) is 0 Å². The number of nitrogens with zero attached hydrogens (tertiary/aromatic N) is 1. The van der Waals surface area contributed by atoms with Crippen molar-refractivity contribution in [2.24, 2.45) is 0 Å². The lowest BCUT2D eigenvalue weighted by molar-refractivity contribution is 0.0698. The number of rotatable bonds is 2. The van der Waals surface area contributed by atoms with E-state index in [0.29, 0.717) is 11.1 Å². The molecule has 104 valence electrons. The number of aromatic carboxylic acids is 1. The quantitative estimate of drug-likeness (QED) is 0.752. The maximum atomic E-state index is 11.7. The van der Waals surface area contributed by atoms with Gasteiger partial charge in [0.15, 0.2) is 0 Å². The van der Waals surface area contributed by atoms with Crippen molar-refractivity contribution in [2.45, 2.75) is 6.92 Å². The van der Waals surface area contributed by atoms with E-state index in [-0.39, 0.29) is 11.4 Å². The van der Waals surface area contributed by atoms with Crippen molar-refractivity contribution < 1.29 is 9.90 Å². The number of carboxylic acid groups (broad SMARTS) is 1. The molecule has 3 aromatic rings. The lowest BCUT2D eigenvalue weighted by Gasteiger charge is -2.14. The number of benzene rings is 2. The summed E-state index contributed by atoms with van der Waals surface area (Å²) in [5.74, 6) is -1.02. The van der Waals surface area contributed by atoms with E-state index in [0.717, 1.165) is 16.5 Å². The summed E-state index contributed by atoms with van der Waals surface area (Å²) in [6.45, 7) is 1.94. The largest absolute Gasteiger partial charge is 0.478 e. The van der Waals surface area contributed by atoms with Crippen LogP contribution in [-0.4, -0.2) is 16.1 Å². The van der Waals surface area contributed by atoms with Gasteiger partial charge >= 0.3 is 5.97 Å². The summed E-state index contributed by atoms with van der Waals surface area (Å²) in [4.78, 5) is 15.9. The number of fused-ring (bicyclic) bond motifs is 1. The average Bonchev–Trinajstić information content (AvgIpc) is 2.46. The van der Waals surface area contributed by atoms with Crippen LogP contribution in [0.3, 0.4) is 0 Å². The molecular weight excluding hydrogens is 264 g/mol. The van der Waals surface area contributed by atoms with Gasteiger partial charge in [-0.1, -0.05) is 42.5 Å². The van der Waals surface area contributed by atoms with Gasteiger partial charge in [0, 0.05) is 10.9 Å². The van der Waals surface area contributed by atoms with Gasteiger partial charge < -0.3 is 10.8 Å². The molecule has 1 heterocycles. The number of pyridine rings is 1. The van der Waals surface area contributed by atoms with E-state index in [4.69, 9.17) is 5.73 Å². The molecule has 0 aliphatic rings. The number of hydrogen-bond acceptors (Lipinski definition) is 3. The summed E-state index contributed by atoms with van der Waals surface area (Å²) in [7, 11) is 0. The third-order valence-corrected chi connectivity index (χ3v) is 3.52. The van der Waals surface area contributed by atoms with Crippen LogP contribution in [0.4, 0.5) is 5.82 Å². The highest BCUT2D eigenvalue weighted by atomic mass is 16.4. The van der Waals surface area contributed by atoms with Crippen LogP contribution in [0.25, 0.3) is 22.0 Å². The van der Waals surface area contributed by atoms with Crippen LogP contribution in [0, 0.1) is 6.92 Å². The van der Waals surface area contributed by atoms with Gasteiger partial charge in [0.25, 0.3) is 0 Å². The zero-order valence-electron chi connectivity index (χ0n) is 11.5. The molecule has 3 N–H and O–H groups in total. The first-order chi connectivity index (χ1) is 10.1. The fraction of sp³-hybridized carbons (Fsp3) is 0.0588. The molecule has 4 heteroatoms. The fourth-order valence-electron chi connectivity index (χ4n) is 2.62. The third kappa shape index (κ3) is 2.10. The Morgan fingerprint density at radius 2 is 1.81 bits per heavy atom. The molecule has 0 unspecified atom stereocenters. The second-order valence-corrected chi connectivity index (χ2v) is 4.89. The molecule has 0 atom stereocenters. The molecule has 0 radical (unpaired) electrons. The van der Waals surface area contributed by atoms with Crippen molar-refractivity contribution in [3.8, 4) is 11.1 Å². The third-order valence-electron chi connectivity index (χ3n) is 3.52. The van der Waals surface area contributed by atoms with Crippen LogP contribution in [0.15, 0.2) is 48.5 Å². The first-order valence-electron chi connectivity index (χ1n) is 6.57. The first kappa shape index (κ1) is 13.1. The highest BCUT2D eigenvalue weighted by molar-refractivity contribution is 6.10. The molecule has 0 amide bonds. The predicted molar refractivity (Wildman–Crippen MR) is 83.3 cm³/mol. The highest BCUT2D eigenvalue weighted by Crippen LogP contribution is 2.35. The molecule has 1 aromatic heterocycles. The summed E-state index contributed by atoms with van der Waals surface area (Å²) in [5.41, 5.74) is 9.07. The summed E-state index contributed by atoms with van der Waals surface area (Å²) in [5, 5.41) is 10.4. The van der Waals surface area contributed by atoms with Crippen molar-refractivity contribution in [2.75, 3.05) is 5.73 Å². The summed E-state index contributed by atoms with van der Waals surface area (Å²) in [6, 6.07) is 15.1. The van der Waals surface area contributed by atoms with E-state index < -0.39 is 5.97 Å². The Morgan fingerprint density at radius 1 is 1.10 bits per heavy atom. The van der Waals surface area contributed by atoms with E-state index in [9.17, 15) is 9.90 Å². The number of aromatic nitrogens is 1. The Morgan fingerprint density at radius 3 is 2.48 bits per heavy atom. The van der Waals surface area contributed by atoms with Crippen molar-refractivity contribution in [3.05, 3.63) is 59.7 Å². The zero-order chi connectivity index (χ0) is 15.0. The number of nitrogens with two attached hydrogens (primary N) is 1. The van der Waals surface area contributed by atoms with E-state index in [2.05, 4.69) is 4.98 Å². The maximum absolute atomic E-state index is 11.7. The summed E-state index contributed by atoms with van der Waals surface area (Å²) >= 11 is 0. The van der Waals surface area contributed by atoms with Gasteiger partial charge in [0.2, 0.25) is 0 Å². The van der Waals surface area contributed by atoms with Crippen molar-refractivity contribution in [1.82, 2.24) is 4.98 Å². The molecular formula is C17H14N2O2. The van der Waals surface area contributed by atoms with Gasteiger partial charge in [-0.05, 0) is 24.1 Å². The van der Waals surface area contributed by atoms with E-state index in [1.165, 1.54) is 0 Å². The average molecular weight is 278 g/mol. The van der Waals surface area contributed by atoms with E-state index >= 15 is 0 Å². The van der Waals surface area contributed by atoms with Crippen molar-refractivity contribution >= 4 is 22.7 Å². The minimum absolute atomic E-state index is 0.0412. The van der Waals surface area contributed by atoms with Gasteiger partial charge in [0.1, 0.15) is 11.4 Å². The number of carbonyl (C=O) groups is 1. The molecule has 0 aliphatic heterocycles. The molecule has 3 rings (SSSR count). The Bertz CT molecular complexity index is 842. The topological polar surface area (TPSA) is 76.2 Å². The molecule has 4 nitrogen and oxygen atoms in total. The molecule has 0 saturated carbocycles. The molecule has 2 aromatic carbocycles. The molecule has 0 spiro atoms. The van der Waals surface area contributed by atoms with Crippen LogP contribution in [0.5, 0.6) is 0 Å². The highest BCUT2D eigenvalue weighted by Gasteiger charge is 2.21. The van der Waals surface area contributed by atoms with Crippen LogP contribution in [0.1, 0.15) is 15.9 Å². The summed E-state index contributed by atoms with van der Waals surface area (Å²) in [6.07, 6.45) is 0. The van der Waals surface area contributed by atoms with Crippen molar-refractivity contribution in [3.63, 3.8) is 0 Å². The summed E-state index contributed by atoms with van der Waals surface area (Å²) < 4.78 is 0. The molecule has 0 aliphatic carbocycles.